The monoisotopic (exact) mass is 223 g/mol. The zero-order valence-electron chi connectivity index (χ0n) is 9.08. The van der Waals surface area contributed by atoms with Crippen LogP contribution < -0.4 is 10.1 Å². The molecule has 2 aromatic carbocycles. The van der Waals surface area contributed by atoms with Gasteiger partial charge in [0.25, 0.3) is 0 Å². The molecule has 2 rings (SSSR count). The lowest BCUT2D eigenvalue weighted by Gasteiger charge is -2.09. The fourth-order valence-electron chi connectivity index (χ4n) is 1.42. The lowest BCUT2D eigenvalue weighted by Crippen LogP contribution is -2.36. The molecule has 0 aliphatic rings. The van der Waals surface area contributed by atoms with Gasteiger partial charge >= 0.3 is 7.12 Å². The number of hydrogen-bond acceptors (Lipinski definition) is 3. The van der Waals surface area contributed by atoms with Crippen molar-refractivity contribution in [3.63, 3.8) is 0 Å². The molecule has 17 heavy (non-hydrogen) atoms. The SMILES string of the molecule is N#Cc1ccc(OB(O)c2ccccc2)cc1. The first-order valence-electron chi connectivity index (χ1n) is 5.19. The second kappa shape index (κ2) is 5.19. The summed E-state index contributed by atoms with van der Waals surface area (Å²) in [6.45, 7) is 0. The predicted molar refractivity (Wildman–Crippen MR) is 65.8 cm³/mol. The highest BCUT2D eigenvalue weighted by Gasteiger charge is 2.17. The molecule has 0 heterocycles. The van der Waals surface area contributed by atoms with Gasteiger partial charge < -0.3 is 9.68 Å². The molecule has 0 fully saturated rings. The fourth-order valence-corrected chi connectivity index (χ4v) is 1.42. The molecular formula is C13H10BNO2. The van der Waals surface area contributed by atoms with E-state index in [-0.39, 0.29) is 0 Å². The Labute approximate surface area is 100 Å². The minimum atomic E-state index is -0.996. The number of rotatable bonds is 3. The van der Waals surface area contributed by atoms with Gasteiger partial charge in [0.2, 0.25) is 0 Å². The molecule has 0 atom stereocenters. The van der Waals surface area contributed by atoms with E-state index in [2.05, 4.69) is 0 Å². The average molecular weight is 223 g/mol. The number of benzene rings is 2. The number of nitriles is 1. The third-order valence-corrected chi connectivity index (χ3v) is 2.32. The van der Waals surface area contributed by atoms with Crippen LogP contribution in [-0.2, 0) is 0 Å². The van der Waals surface area contributed by atoms with Gasteiger partial charge in [-0.05, 0) is 29.7 Å². The van der Waals surface area contributed by atoms with Crippen molar-refractivity contribution in [2.45, 2.75) is 0 Å². The van der Waals surface area contributed by atoms with Gasteiger partial charge in [0.1, 0.15) is 5.75 Å². The Kier molecular flexibility index (Phi) is 3.44. The van der Waals surface area contributed by atoms with Gasteiger partial charge in [-0.3, -0.25) is 0 Å². The summed E-state index contributed by atoms with van der Waals surface area (Å²) in [5.41, 5.74) is 1.25. The third-order valence-electron chi connectivity index (χ3n) is 2.32. The van der Waals surface area contributed by atoms with Crippen LogP contribution in [0, 0.1) is 11.3 Å². The summed E-state index contributed by atoms with van der Waals surface area (Å²) < 4.78 is 5.35. The molecule has 4 heteroatoms. The molecule has 0 amide bonds. The molecule has 82 valence electrons. The quantitative estimate of drug-likeness (QED) is 0.798. The van der Waals surface area contributed by atoms with Gasteiger partial charge in [0, 0.05) is 0 Å². The van der Waals surface area contributed by atoms with Gasteiger partial charge in [-0.1, -0.05) is 30.3 Å². The third kappa shape index (κ3) is 2.87. The largest absolute Gasteiger partial charge is 0.560 e. The van der Waals surface area contributed by atoms with E-state index in [4.69, 9.17) is 9.92 Å². The van der Waals surface area contributed by atoms with Crippen LogP contribution >= 0.6 is 0 Å². The topological polar surface area (TPSA) is 53.2 Å². The van der Waals surface area contributed by atoms with Crippen LogP contribution in [0.15, 0.2) is 54.6 Å². The van der Waals surface area contributed by atoms with E-state index in [1.54, 1.807) is 36.4 Å². The average Bonchev–Trinajstić information content (AvgIpc) is 2.40. The van der Waals surface area contributed by atoms with Gasteiger partial charge in [0.05, 0.1) is 11.6 Å². The summed E-state index contributed by atoms with van der Waals surface area (Å²) in [5.74, 6) is 0.528. The summed E-state index contributed by atoms with van der Waals surface area (Å²) in [6, 6.07) is 17.7. The summed E-state index contributed by atoms with van der Waals surface area (Å²) in [7, 11) is -0.996. The molecular weight excluding hydrogens is 213 g/mol. The van der Waals surface area contributed by atoms with E-state index in [0.717, 1.165) is 0 Å². The lowest BCUT2D eigenvalue weighted by molar-refractivity contribution is 0.432. The lowest BCUT2D eigenvalue weighted by atomic mass is 9.79. The minimum Gasteiger partial charge on any atom is -0.532 e. The Morgan fingerprint density at radius 2 is 1.65 bits per heavy atom. The number of hydrogen-bond donors (Lipinski definition) is 1. The van der Waals surface area contributed by atoms with Gasteiger partial charge in [0.15, 0.2) is 0 Å². The van der Waals surface area contributed by atoms with Crippen molar-refractivity contribution < 1.29 is 9.68 Å². The Bertz CT molecular complexity index is 519. The summed E-state index contributed by atoms with van der Waals surface area (Å²) in [6.07, 6.45) is 0. The highest BCUT2D eigenvalue weighted by molar-refractivity contribution is 6.60. The Morgan fingerprint density at radius 3 is 2.24 bits per heavy atom. The predicted octanol–water partition coefficient (Wildman–Crippen LogP) is 1.32. The first-order valence-corrected chi connectivity index (χ1v) is 5.19. The van der Waals surface area contributed by atoms with Crippen molar-refractivity contribution >= 4 is 12.6 Å². The van der Waals surface area contributed by atoms with Crippen molar-refractivity contribution in [2.24, 2.45) is 0 Å². The van der Waals surface area contributed by atoms with Crippen LogP contribution in [0.1, 0.15) is 5.56 Å². The zero-order chi connectivity index (χ0) is 12.1. The van der Waals surface area contributed by atoms with Crippen LogP contribution in [0.4, 0.5) is 0 Å². The maximum Gasteiger partial charge on any atom is 0.560 e. The molecule has 0 aliphatic carbocycles. The van der Waals surface area contributed by atoms with Crippen LogP contribution in [0.2, 0.25) is 0 Å². The molecule has 0 unspecified atom stereocenters. The Balaban J connectivity index is 2.08. The van der Waals surface area contributed by atoms with E-state index in [1.807, 2.05) is 24.3 Å². The zero-order valence-corrected chi connectivity index (χ0v) is 9.08. The highest BCUT2D eigenvalue weighted by Crippen LogP contribution is 2.11. The molecule has 0 saturated heterocycles. The summed E-state index contributed by atoms with van der Waals surface area (Å²) >= 11 is 0. The van der Waals surface area contributed by atoms with Crippen LogP contribution in [0.5, 0.6) is 5.75 Å². The van der Waals surface area contributed by atoms with Crippen molar-refractivity contribution in [3.8, 4) is 11.8 Å². The van der Waals surface area contributed by atoms with Gasteiger partial charge in [-0.2, -0.15) is 5.26 Å². The van der Waals surface area contributed by atoms with E-state index in [1.165, 1.54) is 0 Å². The van der Waals surface area contributed by atoms with Crippen molar-refractivity contribution in [1.29, 1.82) is 5.26 Å². The Hall–Kier alpha value is -2.25. The summed E-state index contributed by atoms with van der Waals surface area (Å²) in [5, 5.41) is 18.5. The molecule has 3 nitrogen and oxygen atoms in total. The van der Waals surface area contributed by atoms with Crippen LogP contribution in [-0.4, -0.2) is 12.1 Å². The van der Waals surface area contributed by atoms with Crippen LogP contribution in [0.25, 0.3) is 0 Å². The maximum absolute atomic E-state index is 9.81. The van der Waals surface area contributed by atoms with Crippen LogP contribution in [0.3, 0.4) is 0 Å². The van der Waals surface area contributed by atoms with Crippen molar-refractivity contribution in [3.05, 3.63) is 60.2 Å². The van der Waals surface area contributed by atoms with Gasteiger partial charge in [-0.25, -0.2) is 0 Å². The molecule has 0 radical (unpaired) electrons. The standard InChI is InChI=1S/C13H10BNO2/c15-10-11-6-8-13(9-7-11)17-14(16)12-4-2-1-3-5-12/h1-9,16H. The summed E-state index contributed by atoms with van der Waals surface area (Å²) in [4.78, 5) is 0. The van der Waals surface area contributed by atoms with Gasteiger partial charge in [-0.15, -0.1) is 0 Å². The fraction of sp³-hybridized carbons (Fsp3) is 0. The first kappa shape index (κ1) is 11.2. The minimum absolute atomic E-state index is 0.528. The number of nitrogens with zero attached hydrogens (tertiary/aromatic N) is 1. The molecule has 0 aromatic heterocycles. The Morgan fingerprint density at radius 1 is 1.00 bits per heavy atom. The van der Waals surface area contributed by atoms with E-state index >= 15 is 0 Å². The maximum atomic E-state index is 9.81. The smallest absolute Gasteiger partial charge is 0.532 e. The molecule has 0 bridgehead atoms. The molecule has 2 aromatic rings. The van der Waals surface area contributed by atoms with E-state index in [9.17, 15) is 5.02 Å². The molecule has 0 saturated carbocycles. The van der Waals surface area contributed by atoms with E-state index in [0.29, 0.717) is 16.8 Å². The normalized spacial score (nSPS) is 9.41. The second-order valence-electron chi connectivity index (χ2n) is 3.52. The highest BCUT2D eigenvalue weighted by atomic mass is 16.5. The van der Waals surface area contributed by atoms with Crippen molar-refractivity contribution in [1.82, 2.24) is 0 Å². The van der Waals surface area contributed by atoms with Crippen molar-refractivity contribution in [2.75, 3.05) is 0 Å². The molecule has 0 aliphatic heterocycles. The molecule has 0 spiro atoms. The molecule has 1 N–H and O–H groups in total. The first-order chi connectivity index (χ1) is 8.29. The van der Waals surface area contributed by atoms with E-state index < -0.39 is 7.12 Å². The second-order valence-corrected chi connectivity index (χ2v) is 3.52.